The van der Waals surface area contributed by atoms with E-state index in [0.29, 0.717) is 0 Å². The Bertz CT molecular complexity index is 2020. The highest BCUT2D eigenvalue weighted by atomic mass is 16.5. The number of aromatic hydroxyl groups is 4. The molecule has 0 aliphatic heterocycles. The van der Waals surface area contributed by atoms with Crippen molar-refractivity contribution in [2.75, 3.05) is 14.2 Å². The lowest BCUT2D eigenvalue weighted by molar-refractivity contribution is -0.0488. The second-order valence-corrected chi connectivity index (χ2v) is 12.7. The van der Waals surface area contributed by atoms with E-state index in [-0.39, 0.29) is 103 Å². The highest BCUT2D eigenvalue weighted by Gasteiger charge is 2.47. The van der Waals surface area contributed by atoms with Crippen LogP contribution in [0.1, 0.15) is 63.2 Å². The Morgan fingerprint density at radius 3 is 1.60 bits per heavy atom. The number of aliphatic hydroxyl groups excluding tert-OH is 1. The zero-order chi connectivity index (χ0) is 33.1. The molecule has 2 aliphatic carbocycles. The average molecular weight is 619 g/mol. The molecule has 0 saturated heterocycles. The van der Waals surface area contributed by atoms with E-state index in [0.717, 1.165) is 0 Å². The van der Waals surface area contributed by atoms with Gasteiger partial charge in [0, 0.05) is 41.2 Å². The minimum atomic E-state index is -2.00. The fourth-order valence-electron chi connectivity index (χ4n) is 7.14. The van der Waals surface area contributed by atoms with Crippen LogP contribution < -0.4 is 9.47 Å². The molecule has 4 aromatic rings. The Balaban J connectivity index is 1.99. The van der Waals surface area contributed by atoms with Gasteiger partial charge in [0.15, 0.2) is 11.6 Å². The maximum Gasteiger partial charge on any atom is 0.198 e. The van der Waals surface area contributed by atoms with E-state index in [1.807, 2.05) is 0 Å². The number of carbonyl (C=O) groups is 2. The summed E-state index contributed by atoms with van der Waals surface area (Å²) < 4.78 is 11.1. The Morgan fingerprint density at radius 2 is 1.13 bits per heavy atom. The third kappa shape index (κ3) is 4.07. The van der Waals surface area contributed by atoms with Gasteiger partial charge in [-0.1, -0.05) is 0 Å². The number of fused-ring (bicyclic) bond motifs is 4. The van der Waals surface area contributed by atoms with Gasteiger partial charge >= 0.3 is 0 Å². The van der Waals surface area contributed by atoms with Gasteiger partial charge in [-0.05, 0) is 62.1 Å². The molecule has 0 fully saturated rings. The first-order valence-electron chi connectivity index (χ1n) is 14.3. The molecule has 11 nitrogen and oxygen atoms in total. The van der Waals surface area contributed by atoms with Crippen molar-refractivity contribution >= 4 is 33.1 Å². The molecule has 6 rings (SSSR count). The molecular weight excluding hydrogens is 584 g/mol. The number of methoxy groups -OCH3 is 2. The van der Waals surface area contributed by atoms with E-state index >= 15 is 0 Å². The van der Waals surface area contributed by atoms with Gasteiger partial charge < -0.3 is 45.2 Å². The molecule has 0 saturated carbocycles. The number of benzene rings is 4. The van der Waals surface area contributed by atoms with Gasteiger partial charge in [-0.15, -0.1) is 0 Å². The minimum absolute atomic E-state index is 0.0801. The van der Waals surface area contributed by atoms with E-state index in [4.69, 9.17) is 9.47 Å². The first-order chi connectivity index (χ1) is 21.0. The highest BCUT2D eigenvalue weighted by molar-refractivity contribution is 6.22. The van der Waals surface area contributed by atoms with Crippen LogP contribution >= 0.6 is 0 Å². The first-order valence-corrected chi connectivity index (χ1v) is 14.3. The Morgan fingerprint density at radius 1 is 0.689 bits per heavy atom. The molecule has 0 amide bonds. The van der Waals surface area contributed by atoms with Crippen LogP contribution in [0.5, 0.6) is 34.5 Å². The Kier molecular flexibility index (Phi) is 6.57. The van der Waals surface area contributed by atoms with Crippen molar-refractivity contribution < 1.29 is 54.8 Å². The molecule has 4 aromatic carbocycles. The van der Waals surface area contributed by atoms with Crippen LogP contribution in [-0.4, -0.2) is 78.8 Å². The van der Waals surface area contributed by atoms with Crippen LogP contribution in [0.25, 0.3) is 32.7 Å². The van der Waals surface area contributed by atoms with Gasteiger partial charge in [0.25, 0.3) is 0 Å². The smallest absolute Gasteiger partial charge is 0.198 e. The van der Waals surface area contributed by atoms with Crippen molar-refractivity contribution in [2.24, 2.45) is 0 Å². The van der Waals surface area contributed by atoms with E-state index in [9.17, 15) is 45.3 Å². The maximum atomic E-state index is 13.7. The van der Waals surface area contributed by atoms with Crippen LogP contribution in [0, 0.1) is 13.8 Å². The van der Waals surface area contributed by atoms with Gasteiger partial charge in [-0.25, -0.2) is 0 Å². The number of Topliss-reactive ketones (excluding diaryl/α,β-unsaturated/α-hetero) is 2. The molecule has 0 spiro atoms. The average Bonchev–Trinajstić information content (AvgIpc) is 2.95. The molecule has 0 radical (unpaired) electrons. The quantitative estimate of drug-likeness (QED) is 0.176. The van der Waals surface area contributed by atoms with Crippen molar-refractivity contribution in [3.8, 4) is 45.6 Å². The van der Waals surface area contributed by atoms with Gasteiger partial charge in [0.05, 0.1) is 47.3 Å². The van der Waals surface area contributed by atoms with E-state index in [1.54, 1.807) is 19.9 Å². The van der Waals surface area contributed by atoms with Crippen LogP contribution in [0.3, 0.4) is 0 Å². The summed E-state index contributed by atoms with van der Waals surface area (Å²) in [6.45, 7) is 5.86. The summed E-state index contributed by atoms with van der Waals surface area (Å²) in [7, 11) is 2.77. The second kappa shape index (κ2) is 9.71. The van der Waals surface area contributed by atoms with E-state index in [1.165, 1.54) is 34.1 Å². The van der Waals surface area contributed by atoms with Gasteiger partial charge in [-0.2, -0.15) is 0 Å². The molecule has 45 heavy (non-hydrogen) atoms. The van der Waals surface area contributed by atoms with E-state index < -0.39 is 46.1 Å². The number of hydrogen-bond donors (Lipinski definition) is 7. The Hall–Kier alpha value is -4.58. The summed E-state index contributed by atoms with van der Waals surface area (Å²) in [5, 5.41) is 79.3. The monoisotopic (exact) mass is 618 g/mol. The molecule has 236 valence electrons. The third-order valence-corrected chi connectivity index (χ3v) is 9.39. The summed E-state index contributed by atoms with van der Waals surface area (Å²) in [5.74, 6) is -3.06. The largest absolute Gasteiger partial charge is 0.507 e. The standard InChI is InChI=1S/C34H34O11/c1-12-19(44-5)7-14-21(16-9-33(3,42)11-18(35)23(16)29(38)24(14)27(12)36)22-15-8-20(45-6)13(2)28(37)25(15)30(39)26-17(22)10-34(4,43)32(41)31(26)40/h7-8,32,36-39,41-43H,9-11H2,1-6H3/t32-,33+,34+/m0/s1. The third-order valence-electron chi connectivity index (χ3n) is 9.39. The first kappa shape index (κ1) is 30.4. The lowest BCUT2D eigenvalue weighted by Gasteiger charge is -2.37. The lowest BCUT2D eigenvalue weighted by atomic mass is 9.70. The molecule has 7 N–H and O–H groups in total. The maximum absolute atomic E-state index is 13.7. The van der Waals surface area contributed by atoms with Crippen LogP contribution in [0.4, 0.5) is 0 Å². The molecule has 2 aliphatic rings. The van der Waals surface area contributed by atoms with Crippen molar-refractivity contribution in [3.05, 3.63) is 45.5 Å². The zero-order valence-electron chi connectivity index (χ0n) is 25.6. The fraction of sp³-hybridized carbons (Fsp3) is 0.353. The molecule has 0 heterocycles. The predicted octanol–water partition coefficient (Wildman–Crippen LogP) is 3.85. The van der Waals surface area contributed by atoms with E-state index in [2.05, 4.69) is 0 Å². The van der Waals surface area contributed by atoms with Crippen molar-refractivity contribution in [3.63, 3.8) is 0 Å². The van der Waals surface area contributed by atoms with Crippen molar-refractivity contribution in [1.29, 1.82) is 0 Å². The van der Waals surface area contributed by atoms with Gasteiger partial charge in [0.1, 0.15) is 40.6 Å². The summed E-state index contributed by atoms with van der Waals surface area (Å²) in [4.78, 5) is 27.3. The molecule has 0 aromatic heterocycles. The molecular formula is C34H34O11. The summed E-state index contributed by atoms with van der Waals surface area (Å²) in [6.07, 6.45) is -2.75. The van der Waals surface area contributed by atoms with Crippen LogP contribution in [0.15, 0.2) is 12.1 Å². The number of phenolic OH excluding ortho intramolecular Hbond substituents is 4. The van der Waals surface area contributed by atoms with Crippen LogP contribution in [-0.2, 0) is 12.8 Å². The van der Waals surface area contributed by atoms with Crippen molar-refractivity contribution in [2.45, 2.75) is 64.3 Å². The summed E-state index contributed by atoms with van der Waals surface area (Å²) >= 11 is 0. The SMILES string of the molecule is COc1cc2c(-c3c4c(c(O)c5c(O)c(C)c(OC)cc35)C(=O)[C@H](O)[C@](C)(O)C4)c3c(c(O)c2c(O)c1C)C(=O)C[C@](C)(O)C3. The number of rotatable bonds is 3. The molecule has 3 atom stereocenters. The fourth-order valence-corrected chi connectivity index (χ4v) is 7.14. The molecule has 11 heteroatoms. The lowest BCUT2D eigenvalue weighted by Crippen LogP contribution is -2.50. The summed E-state index contributed by atoms with van der Waals surface area (Å²) in [6, 6.07) is 3.07. The van der Waals surface area contributed by atoms with Gasteiger partial charge in [0.2, 0.25) is 0 Å². The Labute approximate surface area is 257 Å². The number of ketones is 2. The predicted molar refractivity (Wildman–Crippen MR) is 164 cm³/mol. The minimum Gasteiger partial charge on any atom is -0.507 e. The zero-order valence-corrected chi connectivity index (χ0v) is 25.6. The topological polar surface area (TPSA) is 194 Å². The number of hydrogen-bond acceptors (Lipinski definition) is 11. The van der Waals surface area contributed by atoms with Crippen LogP contribution in [0.2, 0.25) is 0 Å². The second-order valence-electron chi connectivity index (χ2n) is 12.7. The number of ether oxygens (including phenoxy) is 2. The molecule has 0 unspecified atom stereocenters. The highest BCUT2D eigenvalue weighted by Crippen LogP contribution is 2.56. The number of carbonyl (C=O) groups excluding carboxylic acids is 2. The molecule has 0 bridgehead atoms. The normalized spacial score (nSPS) is 22.9. The number of aliphatic hydroxyl groups is 3. The summed E-state index contributed by atoms with van der Waals surface area (Å²) in [5.41, 5.74) is -2.93. The van der Waals surface area contributed by atoms with Crippen molar-refractivity contribution in [1.82, 2.24) is 0 Å². The van der Waals surface area contributed by atoms with Gasteiger partial charge in [-0.3, -0.25) is 9.59 Å². The number of phenols is 4.